The molecule has 1 aliphatic rings. The average Bonchev–Trinajstić information content (AvgIpc) is 2.88. The van der Waals surface area contributed by atoms with Crippen LogP contribution in [0.3, 0.4) is 0 Å². The van der Waals surface area contributed by atoms with Gasteiger partial charge in [-0.25, -0.2) is 0 Å². The molecule has 0 radical (unpaired) electrons. The van der Waals surface area contributed by atoms with Gasteiger partial charge in [0.05, 0.1) is 6.04 Å². The molecule has 2 unspecified atom stereocenters. The van der Waals surface area contributed by atoms with Crippen molar-refractivity contribution in [1.82, 2.24) is 25.5 Å². The van der Waals surface area contributed by atoms with Crippen molar-refractivity contribution in [3.8, 4) is 11.4 Å². The first-order valence-corrected chi connectivity index (χ1v) is 6.94. The number of aromatic nitrogens is 4. The predicted octanol–water partition coefficient (Wildman–Crippen LogP) is 1.90. The predicted molar refractivity (Wildman–Crippen MR) is 73.6 cm³/mol. The zero-order valence-corrected chi connectivity index (χ0v) is 11.2. The Hall–Kier alpha value is -1.75. The number of hydrogen-bond acceptors (Lipinski definition) is 4. The summed E-state index contributed by atoms with van der Waals surface area (Å²) >= 11 is 0. The van der Waals surface area contributed by atoms with Crippen molar-refractivity contribution in [3.63, 3.8) is 0 Å². The van der Waals surface area contributed by atoms with Gasteiger partial charge in [-0.1, -0.05) is 37.3 Å². The molecule has 0 aliphatic heterocycles. The van der Waals surface area contributed by atoms with Gasteiger partial charge < -0.3 is 5.32 Å². The SMILES string of the molecule is CCNCC1CCC1n1nnc(-c2ccccc2)n1. The molecule has 1 N–H and O–H groups in total. The third-order valence-corrected chi connectivity index (χ3v) is 3.79. The lowest BCUT2D eigenvalue weighted by Crippen LogP contribution is -2.37. The first-order chi connectivity index (χ1) is 9.38. The number of nitrogens with one attached hydrogen (secondary N) is 1. The highest BCUT2D eigenvalue weighted by atomic mass is 15.6. The maximum atomic E-state index is 4.53. The molecule has 0 spiro atoms. The van der Waals surface area contributed by atoms with Gasteiger partial charge in [0.25, 0.3) is 0 Å². The van der Waals surface area contributed by atoms with Gasteiger partial charge in [-0.05, 0) is 30.5 Å². The fourth-order valence-electron chi connectivity index (χ4n) is 2.49. The van der Waals surface area contributed by atoms with E-state index >= 15 is 0 Å². The molecule has 2 atom stereocenters. The van der Waals surface area contributed by atoms with Crippen molar-refractivity contribution in [2.24, 2.45) is 5.92 Å². The molecule has 1 aromatic carbocycles. The van der Waals surface area contributed by atoms with Crippen LogP contribution in [0, 0.1) is 5.92 Å². The fraction of sp³-hybridized carbons (Fsp3) is 0.500. The maximum absolute atomic E-state index is 4.53. The summed E-state index contributed by atoms with van der Waals surface area (Å²) < 4.78 is 0. The Morgan fingerprint density at radius 2 is 2.11 bits per heavy atom. The van der Waals surface area contributed by atoms with Crippen LogP contribution in [0.1, 0.15) is 25.8 Å². The van der Waals surface area contributed by atoms with Gasteiger partial charge in [0, 0.05) is 12.1 Å². The van der Waals surface area contributed by atoms with E-state index in [1.165, 1.54) is 6.42 Å². The molecule has 100 valence electrons. The average molecular weight is 257 g/mol. The summed E-state index contributed by atoms with van der Waals surface area (Å²) in [6, 6.07) is 10.4. The summed E-state index contributed by atoms with van der Waals surface area (Å²) in [5.41, 5.74) is 1.02. The second-order valence-electron chi connectivity index (χ2n) is 5.01. The highest BCUT2D eigenvalue weighted by Gasteiger charge is 2.33. The van der Waals surface area contributed by atoms with E-state index in [2.05, 4.69) is 27.7 Å². The first-order valence-electron chi connectivity index (χ1n) is 6.94. The molecule has 3 rings (SSSR count). The van der Waals surface area contributed by atoms with Crippen molar-refractivity contribution < 1.29 is 0 Å². The van der Waals surface area contributed by atoms with Gasteiger partial charge >= 0.3 is 0 Å². The number of nitrogens with zero attached hydrogens (tertiary/aromatic N) is 4. The highest BCUT2D eigenvalue weighted by molar-refractivity contribution is 5.52. The number of tetrazole rings is 1. The molecule has 1 aliphatic carbocycles. The van der Waals surface area contributed by atoms with Gasteiger partial charge in [-0.15, -0.1) is 10.2 Å². The van der Waals surface area contributed by atoms with E-state index in [9.17, 15) is 0 Å². The van der Waals surface area contributed by atoms with Crippen LogP contribution in [0.25, 0.3) is 11.4 Å². The number of rotatable bonds is 5. The Morgan fingerprint density at radius 1 is 1.26 bits per heavy atom. The maximum Gasteiger partial charge on any atom is 0.204 e. The van der Waals surface area contributed by atoms with Crippen LogP contribution in [-0.2, 0) is 0 Å². The molecule has 1 fully saturated rings. The Kier molecular flexibility index (Phi) is 3.55. The quantitative estimate of drug-likeness (QED) is 0.889. The van der Waals surface area contributed by atoms with E-state index in [0.717, 1.165) is 30.9 Å². The minimum atomic E-state index is 0.406. The van der Waals surface area contributed by atoms with Gasteiger partial charge in [0.1, 0.15) is 0 Å². The van der Waals surface area contributed by atoms with E-state index in [4.69, 9.17) is 0 Å². The normalized spacial score (nSPS) is 22.2. The summed E-state index contributed by atoms with van der Waals surface area (Å²) in [6.07, 6.45) is 2.40. The molecule has 5 heteroatoms. The summed E-state index contributed by atoms with van der Waals surface area (Å²) in [6.45, 7) is 4.20. The van der Waals surface area contributed by atoms with Crippen molar-refractivity contribution in [2.45, 2.75) is 25.8 Å². The molecule has 1 heterocycles. The van der Waals surface area contributed by atoms with Crippen LogP contribution in [0.5, 0.6) is 0 Å². The zero-order valence-electron chi connectivity index (χ0n) is 11.2. The Morgan fingerprint density at radius 3 is 2.79 bits per heavy atom. The molecule has 0 bridgehead atoms. The van der Waals surface area contributed by atoms with E-state index in [1.54, 1.807) is 4.80 Å². The van der Waals surface area contributed by atoms with Gasteiger partial charge in [0.2, 0.25) is 5.82 Å². The summed E-state index contributed by atoms with van der Waals surface area (Å²) in [7, 11) is 0. The number of hydrogen-bond donors (Lipinski definition) is 1. The van der Waals surface area contributed by atoms with E-state index < -0.39 is 0 Å². The smallest absolute Gasteiger partial charge is 0.204 e. The monoisotopic (exact) mass is 257 g/mol. The third-order valence-electron chi connectivity index (χ3n) is 3.79. The van der Waals surface area contributed by atoms with E-state index in [-0.39, 0.29) is 0 Å². The first kappa shape index (κ1) is 12.3. The van der Waals surface area contributed by atoms with Crippen LogP contribution in [0.4, 0.5) is 0 Å². The van der Waals surface area contributed by atoms with Crippen LogP contribution in [0.15, 0.2) is 30.3 Å². The molecule has 1 saturated carbocycles. The lowest BCUT2D eigenvalue weighted by molar-refractivity contribution is 0.145. The fourth-order valence-corrected chi connectivity index (χ4v) is 2.49. The van der Waals surface area contributed by atoms with Crippen molar-refractivity contribution in [3.05, 3.63) is 30.3 Å². The van der Waals surface area contributed by atoms with Crippen molar-refractivity contribution in [2.75, 3.05) is 13.1 Å². The van der Waals surface area contributed by atoms with Gasteiger partial charge in [-0.3, -0.25) is 0 Å². The summed E-state index contributed by atoms with van der Waals surface area (Å²) in [5, 5.41) is 16.3. The Balaban J connectivity index is 1.72. The summed E-state index contributed by atoms with van der Waals surface area (Å²) in [5.74, 6) is 1.35. The molecule has 19 heavy (non-hydrogen) atoms. The molecule has 1 aromatic heterocycles. The molecule has 0 amide bonds. The molecule has 5 nitrogen and oxygen atoms in total. The van der Waals surface area contributed by atoms with Crippen LogP contribution in [-0.4, -0.2) is 33.3 Å². The van der Waals surface area contributed by atoms with E-state index in [0.29, 0.717) is 12.0 Å². The standard InChI is InChI=1S/C14H19N5/c1-2-15-10-12-8-9-13(12)19-17-14(16-18-19)11-6-4-3-5-7-11/h3-7,12-13,15H,2,8-10H2,1H3. The minimum absolute atomic E-state index is 0.406. The second kappa shape index (κ2) is 5.48. The van der Waals surface area contributed by atoms with Crippen LogP contribution < -0.4 is 5.32 Å². The molecule has 0 saturated heterocycles. The highest BCUT2D eigenvalue weighted by Crippen LogP contribution is 2.37. The van der Waals surface area contributed by atoms with Crippen LogP contribution in [0.2, 0.25) is 0 Å². The Labute approximate surface area is 113 Å². The van der Waals surface area contributed by atoms with Gasteiger partial charge in [-0.2, -0.15) is 4.80 Å². The molecular formula is C14H19N5. The second-order valence-corrected chi connectivity index (χ2v) is 5.01. The lowest BCUT2D eigenvalue weighted by Gasteiger charge is -2.35. The summed E-state index contributed by atoms with van der Waals surface area (Å²) in [4.78, 5) is 1.80. The van der Waals surface area contributed by atoms with Gasteiger partial charge in [0.15, 0.2) is 0 Å². The largest absolute Gasteiger partial charge is 0.317 e. The van der Waals surface area contributed by atoms with Crippen molar-refractivity contribution >= 4 is 0 Å². The van der Waals surface area contributed by atoms with Crippen molar-refractivity contribution in [1.29, 1.82) is 0 Å². The van der Waals surface area contributed by atoms with E-state index in [1.807, 2.05) is 30.3 Å². The molecule has 2 aromatic rings. The number of benzene rings is 1. The third kappa shape index (κ3) is 2.51. The topological polar surface area (TPSA) is 55.6 Å². The molecular weight excluding hydrogens is 238 g/mol. The lowest BCUT2D eigenvalue weighted by atomic mass is 9.80. The zero-order chi connectivity index (χ0) is 13.1. The van der Waals surface area contributed by atoms with Crippen LogP contribution >= 0.6 is 0 Å². The minimum Gasteiger partial charge on any atom is -0.317 e. The Bertz CT molecular complexity index is 522.